The van der Waals surface area contributed by atoms with Gasteiger partial charge in [-0.25, -0.2) is 18.7 Å². The quantitative estimate of drug-likeness (QED) is 0.359. The molecule has 2 aromatic carbocycles. The topological polar surface area (TPSA) is 82.4 Å². The summed E-state index contributed by atoms with van der Waals surface area (Å²) in [5.74, 6) is -0.170. The summed E-state index contributed by atoms with van der Waals surface area (Å²) in [5.41, 5.74) is 0.845. The minimum absolute atomic E-state index is 0.00794. The van der Waals surface area contributed by atoms with Crippen LogP contribution in [0.4, 0.5) is 14.6 Å². The van der Waals surface area contributed by atoms with Gasteiger partial charge in [0.2, 0.25) is 0 Å². The van der Waals surface area contributed by atoms with Crippen LogP contribution in [0.3, 0.4) is 0 Å². The number of β-amino-alcohol motifs (C(OH)–C–C–N with tert-alkyl or cyclic N) is 1. The van der Waals surface area contributed by atoms with Crippen LogP contribution in [0.1, 0.15) is 51.4 Å². The standard InChI is InChI=1S/C25H24F2N4O2.C3H8/c1-3-17-20(26)7-6-14-9-16(33)10-18(21(14)17)23-22(27)24-19(11-28-23)25(30-13(2)29-24)31-8-4-5-15(32)12-31;1-3-2/h6-7,9-11,15,32-33H,3-5,8,12H2,1-2H3;3H2,1-2H3/t15-;/m0./s1. The zero-order valence-corrected chi connectivity index (χ0v) is 21.1. The molecular formula is C28H32F2N4O2. The fourth-order valence-corrected chi connectivity index (χ4v) is 4.76. The molecule has 0 unspecified atom stereocenters. The third-order valence-electron chi connectivity index (χ3n) is 6.23. The molecule has 1 saturated heterocycles. The van der Waals surface area contributed by atoms with Gasteiger partial charge in [0.25, 0.3) is 0 Å². The van der Waals surface area contributed by atoms with Gasteiger partial charge in [0.05, 0.1) is 11.5 Å². The Balaban J connectivity index is 0.000000967. The van der Waals surface area contributed by atoms with E-state index in [1.807, 2.05) is 11.8 Å². The van der Waals surface area contributed by atoms with Gasteiger partial charge in [0.1, 0.15) is 34.4 Å². The summed E-state index contributed by atoms with van der Waals surface area (Å²) in [6.07, 6.45) is 4.22. The van der Waals surface area contributed by atoms with Crippen LogP contribution < -0.4 is 4.90 Å². The van der Waals surface area contributed by atoms with E-state index in [2.05, 4.69) is 28.8 Å². The van der Waals surface area contributed by atoms with E-state index in [9.17, 15) is 14.6 Å². The zero-order valence-electron chi connectivity index (χ0n) is 21.1. The average molecular weight is 495 g/mol. The number of phenols is 1. The molecule has 0 aliphatic carbocycles. The lowest BCUT2D eigenvalue weighted by Gasteiger charge is -2.31. The highest BCUT2D eigenvalue weighted by atomic mass is 19.1. The first-order valence-corrected chi connectivity index (χ1v) is 12.5. The van der Waals surface area contributed by atoms with Crippen molar-refractivity contribution in [3.63, 3.8) is 0 Å². The number of phenolic OH excluding ortho intramolecular Hbond substituents is 1. The van der Waals surface area contributed by atoms with E-state index in [1.165, 1.54) is 30.8 Å². The summed E-state index contributed by atoms with van der Waals surface area (Å²) in [6, 6.07) is 5.86. The molecule has 0 radical (unpaired) electrons. The van der Waals surface area contributed by atoms with Crippen molar-refractivity contribution in [1.82, 2.24) is 15.0 Å². The molecule has 1 fully saturated rings. The second-order valence-corrected chi connectivity index (χ2v) is 9.20. The van der Waals surface area contributed by atoms with Gasteiger partial charge in [-0.15, -0.1) is 0 Å². The molecule has 0 spiro atoms. The Morgan fingerprint density at radius 2 is 1.86 bits per heavy atom. The molecule has 1 atom stereocenters. The number of nitrogens with zero attached hydrogens (tertiary/aromatic N) is 4. The molecule has 5 rings (SSSR count). The van der Waals surface area contributed by atoms with E-state index in [-0.39, 0.29) is 22.8 Å². The summed E-state index contributed by atoms with van der Waals surface area (Å²) < 4.78 is 30.5. The minimum Gasteiger partial charge on any atom is -0.508 e. The SMILES string of the molecule is CCC.CCc1c(F)ccc2cc(O)cc(-c3ncc4c(N5CCC[C@H](O)C5)nc(C)nc4c3F)c12. The molecule has 0 saturated carbocycles. The van der Waals surface area contributed by atoms with Crippen LogP contribution in [0.15, 0.2) is 30.5 Å². The molecular weight excluding hydrogens is 462 g/mol. The third kappa shape index (κ3) is 4.82. The van der Waals surface area contributed by atoms with Gasteiger partial charge in [-0.1, -0.05) is 33.3 Å². The van der Waals surface area contributed by atoms with Crippen molar-refractivity contribution in [2.24, 2.45) is 0 Å². The molecule has 4 aromatic rings. The van der Waals surface area contributed by atoms with Gasteiger partial charge in [0, 0.05) is 24.8 Å². The first-order valence-electron chi connectivity index (χ1n) is 12.5. The Hall–Kier alpha value is -3.39. The highest BCUT2D eigenvalue weighted by Gasteiger charge is 2.25. The Bertz CT molecular complexity index is 1410. The summed E-state index contributed by atoms with van der Waals surface area (Å²) >= 11 is 0. The molecule has 6 nitrogen and oxygen atoms in total. The Morgan fingerprint density at radius 3 is 2.56 bits per heavy atom. The fourth-order valence-electron chi connectivity index (χ4n) is 4.76. The van der Waals surface area contributed by atoms with Gasteiger partial charge in [0.15, 0.2) is 5.82 Å². The van der Waals surface area contributed by atoms with Crippen LogP contribution in [0.5, 0.6) is 5.75 Å². The van der Waals surface area contributed by atoms with E-state index < -0.39 is 11.9 Å². The fraction of sp³-hybridized carbons (Fsp3) is 0.393. The summed E-state index contributed by atoms with van der Waals surface area (Å²) in [5, 5.41) is 22.0. The second-order valence-electron chi connectivity index (χ2n) is 9.20. The number of pyridine rings is 1. The van der Waals surface area contributed by atoms with Gasteiger partial charge in [-0.05, 0) is 60.7 Å². The smallest absolute Gasteiger partial charge is 0.175 e. The number of rotatable bonds is 3. The first-order chi connectivity index (χ1) is 17.3. The number of fused-ring (bicyclic) bond motifs is 2. The van der Waals surface area contributed by atoms with E-state index in [0.717, 1.165) is 12.8 Å². The van der Waals surface area contributed by atoms with Crippen molar-refractivity contribution in [2.75, 3.05) is 18.0 Å². The average Bonchev–Trinajstić information content (AvgIpc) is 2.84. The third-order valence-corrected chi connectivity index (χ3v) is 6.23. The highest BCUT2D eigenvalue weighted by molar-refractivity contribution is 6.01. The Kier molecular flexibility index (Phi) is 7.64. The van der Waals surface area contributed by atoms with Gasteiger partial charge in [-0.2, -0.15) is 0 Å². The zero-order chi connectivity index (χ0) is 26.0. The molecule has 2 aromatic heterocycles. The lowest BCUT2D eigenvalue weighted by atomic mass is 9.94. The summed E-state index contributed by atoms with van der Waals surface area (Å²) in [4.78, 5) is 15.2. The number of halogens is 2. The van der Waals surface area contributed by atoms with E-state index in [4.69, 9.17) is 0 Å². The predicted molar refractivity (Wildman–Crippen MR) is 139 cm³/mol. The molecule has 2 N–H and O–H groups in total. The summed E-state index contributed by atoms with van der Waals surface area (Å²) in [7, 11) is 0. The van der Waals surface area contributed by atoms with E-state index in [1.54, 1.807) is 13.0 Å². The maximum absolute atomic E-state index is 16.0. The van der Waals surface area contributed by atoms with Crippen LogP contribution in [0.2, 0.25) is 0 Å². The number of anilines is 1. The van der Waals surface area contributed by atoms with E-state index in [0.29, 0.717) is 58.4 Å². The molecule has 36 heavy (non-hydrogen) atoms. The van der Waals surface area contributed by atoms with Crippen molar-refractivity contribution in [2.45, 2.75) is 59.5 Å². The lowest BCUT2D eigenvalue weighted by molar-refractivity contribution is 0.154. The molecule has 1 aliphatic heterocycles. The Labute approximate surface area is 209 Å². The first kappa shape index (κ1) is 25.7. The van der Waals surface area contributed by atoms with Crippen molar-refractivity contribution in [1.29, 1.82) is 0 Å². The van der Waals surface area contributed by atoms with Crippen molar-refractivity contribution < 1.29 is 19.0 Å². The molecule has 0 amide bonds. The minimum atomic E-state index is -0.657. The van der Waals surface area contributed by atoms with Gasteiger partial charge in [-0.3, -0.25) is 4.98 Å². The lowest BCUT2D eigenvalue weighted by Crippen LogP contribution is -2.39. The van der Waals surface area contributed by atoms with Crippen molar-refractivity contribution >= 4 is 27.5 Å². The molecule has 8 heteroatoms. The number of aliphatic hydroxyl groups is 1. The summed E-state index contributed by atoms with van der Waals surface area (Å²) in [6.45, 7) is 8.87. The Morgan fingerprint density at radius 1 is 1.11 bits per heavy atom. The number of hydrogen-bond acceptors (Lipinski definition) is 6. The number of benzene rings is 2. The number of aliphatic hydroxyl groups excluding tert-OH is 1. The number of aromatic nitrogens is 3. The molecule has 3 heterocycles. The monoisotopic (exact) mass is 494 g/mol. The molecule has 190 valence electrons. The van der Waals surface area contributed by atoms with Gasteiger partial charge >= 0.3 is 0 Å². The largest absolute Gasteiger partial charge is 0.508 e. The second kappa shape index (κ2) is 10.7. The molecule has 1 aliphatic rings. The van der Waals surface area contributed by atoms with Crippen LogP contribution in [0, 0.1) is 18.6 Å². The number of aryl methyl sites for hydroxylation is 2. The van der Waals surface area contributed by atoms with Crippen LogP contribution in [-0.2, 0) is 6.42 Å². The maximum atomic E-state index is 16.0. The van der Waals surface area contributed by atoms with Crippen LogP contribution >= 0.6 is 0 Å². The number of aromatic hydroxyl groups is 1. The maximum Gasteiger partial charge on any atom is 0.175 e. The van der Waals surface area contributed by atoms with Gasteiger partial charge < -0.3 is 15.1 Å². The van der Waals surface area contributed by atoms with Crippen molar-refractivity contribution in [3.05, 3.63) is 53.5 Å². The van der Waals surface area contributed by atoms with Crippen LogP contribution in [0.25, 0.3) is 32.9 Å². The normalized spacial score (nSPS) is 15.8. The van der Waals surface area contributed by atoms with Crippen molar-refractivity contribution in [3.8, 4) is 17.0 Å². The number of hydrogen-bond donors (Lipinski definition) is 2. The van der Waals surface area contributed by atoms with Crippen LogP contribution in [-0.4, -0.2) is 44.4 Å². The van der Waals surface area contributed by atoms with E-state index >= 15 is 4.39 Å². The molecule has 0 bridgehead atoms. The highest BCUT2D eigenvalue weighted by Crippen LogP contribution is 2.38. The predicted octanol–water partition coefficient (Wildman–Crippen LogP) is 6.08. The number of piperidine rings is 1.